The van der Waals surface area contributed by atoms with Gasteiger partial charge in [-0.25, -0.2) is 24.2 Å². The van der Waals surface area contributed by atoms with Crippen molar-refractivity contribution < 1.29 is 58.2 Å². The Bertz CT molecular complexity index is 2440. The SMILES string of the molecule is CC(C)(C)OC(=O)NC(=N[C@H]1[C@@H](O)[C@H]([C@@H](NC(=O)OCC2c3ccccc3-c3ccccc32)C(=O)O)O[C@H](COC(c2ccccc2)(c2ccccc2)c2ccccc2)[C@H]1O)NC(=O)OC(C)(C)C. The van der Waals surface area contributed by atoms with Crippen molar-refractivity contribution in [3.05, 3.63) is 167 Å². The summed E-state index contributed by atoms with van der Waals surface area (Å²) in [6, 6.07) is 39.6. The number of aliphatic imine (C=N–C) groups is 1. The number of guanidine groups is 1. The summed E-state index contributed by atoms with van der Waals surface area (Å²) in [4.78, 5) is 57.8. The van der Waals surface area contributed by atoms with Crippen molar-refractivity contribution in [3.8, 4) is 11.1 Å². The minimum Gasteiger partial charge on any atom is -0.480 e. The molecule has 0 radical (unpaired) electrons. The standard InChI is InChI=1S/C53H58N4O12/c1-51(2,3)68-49(63)56-47(57-50(64)69-52(4,5)6)54-41-43(58)40(31-66-53(32-20-10-7-11-21-32,33-22-12-8-13-23-33)34-24-14-9-15-25-34)67-45(44(41)59)42(46(60)61)55-48(62)65-30-39-37-28-18-16-26-35(37)36-27-17-19-29-38(36)39/h7-29,39-45,58-59H,30-31H2,1-6H3,(H,55,62)(H,60,61)(H2,54,56,57,63,64)/t40-,41-,42-,43-,44-,45+/m1/s1. The van der Waals surface area contributed by atoms with E-state index in [2.05, 4.69) is 20.9 Å². The fraction of sp³-hybridized carbons (Fsp3) is 0.340. The Labute approximate surface area is 400 Å². The summed E-state index contributed by atoms with van der Waals surface area (Å²) in [5, 5.41) is 42.2. The molecule has 1 aliphatic carbocycles. The van der Waals surface area contributed by atoms with Gasteiger partial charge >= 0.3 is 24.2 Å². The molecule has 5 aromatic carbocycles. The van der Waals surface area contributed by atoms with Crippen molar-refractivity contribution in [1.29, 1.82) is 0 Å². The number of aliphatic hydroxyl groups is 2. The van der Waals surface area contributed by atoms with Crippen LogP contribution in [-0.2, 0) is 34.1 Å². The number of ether oxygens (including phenoxy) is 5. The highest BCUT2D eigenvalue weighted by atomic mass is 16.6. The molecule has 6 N–H and O–H groups in total. The Balaban J connectivity index is 1.25. The lowest BCUT2D eigenvalue weighted by molar-refractivity contribution is -0.211. The van der Waals surface area contributed by atoms with Gasteiger partial charge in [0.15, 0.2) is 6.04 Å². The average molecular weight is 943 g/mol. The molecule has 3 amide bonds. The summed E-state index contributed by atoms with van der Waals surface area (Å²) in [5.74, 6) is -2.60. The van der Waals surface area contributed by atoms with Gasteiger partial charge in [0.2, 0.25) is 5.96 Å². The second-order valence-electron chi connectivity index (χ2n) is 18.7. The van der Waals surface area contributed by atoms with Gasteiger partial charge in [-0.2, -0.15) is 0 Å². The predicted octanol–water partition coefficient (Wildman–Crippen LogP) is 7.25. The van der Waals surface area contributed by atoms with Gasteiger partial charge in [0, 0.05) is 5.92 Å². The van der Waals surface area contributed by atoms with Crippen molar-refractivity contribution in [3.63, 3.8) is 0 Å². The van der Waals surface area contributed by atoms with E-state index >= 15 is 0 Å². The number of carbonyl (C=O) groups is 4. The summed E-state index contributed by atoms with van der Waals surface area (Å²) in [5.41, 5.74) is 2.56. The topological polar surface area (TPSA) is 224 Å². The molecule has 2 aliphatic rings. The number of hydrogen-bond acceptors (Lipinski definition) is 12. The molecule has 1 fully saturated rings. The van der Waals surface area contributed by atoms with Gasteiger partial charge in [-0.3, -0.25) is 10.6 Å². The minimum atomic E-state index is -2.04. The number of rotatable bonds is 12. The number of benzene rings is 5. The van der Waals surface area contributed by atoms with E-state index in [-0.39, 0.29) is 12.5 Å². The van der Waals surface area contributed by atoms with Crippen LogP contribution in [0, 0.1) is 0 Å². The van der Waals surface area contributed by atoms with E-state index in [1.807, 2.05) is 140 Å². The Morgan fingerprint density at radius 1 is 0.609 bits per heavy atom. The van der Waals surface area contributed by atoms with Crippen molar-refractivity contribution >= 4 is 30.2 Å². The number of alkyl carbamates (subject to hydrolysis) is 3. The van der Waals surface area contributed by atoms with E-state index in [1.54, 1.807) is 41.5 Å². The van der Waals surface area contributed by atoms with Crippen LogP contribution in [0.15, 0.2) is 145 Å². The smallest absolute Gasteiger partial charge is 0.414 e. The van der Waals surface area contributed by atoms with Gasteiger partial charge in [0.25, 0.3) is 0 Å². The second-order valence-corrected chi connectivity index (χ2v) is 18.7. The van der Waals surface area contributed by atoms with E-state index in [0.717, 1.165) is 22.3 Å². The Hall–Kier alpha value is -7.11. The largest absolute Gasteiger partial charge is 0.480 e. The fourth-order valence-corrected chi connectivity index (χ4v) is 8.62. The number of carboxylic acids is 1. The molecule has 0 spiro atoms. The van der Waals surface area contributed by atoms with E-state index in [0.29, 0.717) is 16.7 Å². The first-order valence-electron chi connectivity index (χ1n) is 22.6. The van der Waals surface area contributed by atoms with Crippen molar-refractivity contribution in [2.45, 2.75) is 101 Å². The number of amides is 3. The first-order chi connectivity index (χ1) is 32.8. The summed E-state index contributed by atoms with van der Waals surface area (Å²) in [6.45, 7) is 9.05. The monoisotopic (exact) mass is 942 g/mol. The molecule has 16 nitrogen and oxygen atoms in total. The summed E-state index contributed by atoms with van der Waals surface area (Å²) >= 11 is 0. The predicted molar refractivity (Wildman–Crippen MR) is 255 cm³/mol. The Morgan fingerprint density at radius 2 is 1.04 bits per heavy atom. The highest BCUT2D eigenvalue weighted by molar-refractivity contribution is 6.01. The van der Waals surface area contributed by atoms with Crippen LogP contribution in [0.2, 0.25) is 0 Å². The maximum absolute atomic E-state index is 13.7. The molecule has 1 heterocycles. The van der Waals surface area contributed by atoms with E-state index in [4.69, 9.17) is 23.7 Å². The third-order valence-corrected chi connectivity index (χ3v) is 11.5. The van der Waals surface area contributed by atoms with Gasteiger partial charge in [0.1, 0.15) is 53.9 Å². The lowest BCUT2D eigenvalue weighted by Gasteiger charge is -2.44. The van der Waals surface area contributed by atoms with Crippen LogP contribution in [0.25, 0.3) is 11.1 Å². The molecular weight excluding hydrogens is 885 g/mol. The number of nitrogens with one attached hydrogen (secondary N) is 3. The first kappa shape index (κ1) is 49.8. The number of aliphatic carboxylic acids is 1. The van der Waals surface area contributed by atoms with Crippen LogP contribution in [0.3, 0.4) is 0 Å². The third kappa shape index (κ3) is 11.8. The zero-order chi connectivity index (χ0) is 49.5. The van der Waals surface area contributed by atoms with Gasteiger partial charge < -0.3 is 44.3 Å². The van der Waals surface area contributed by atoms with Crippen LogP contribution < -0.4 is 16.0 Å². The molecule has 362 valence electrons. The Morgan fingerprint density at radius 3 is 1.48 bits per heavy atom. The average Bonchev–Trinajstić information content (AvgIpc) is 3.62. The summed E-state index contributed by atoms with van der Waals surface area (Å²) < 4.78 is 29.9. The highest BCUT2D eigenvalue weighted by Crippen LogP contribution is 2.45. The summed E-state index contributed by atoms with van der Waals surface area (Å²) in [6.07, 6.45) is -10.5. The van der Waals surface area contributed by atoms with Crippen molar-refractivity contribution in [1.82, 2.24) is 16.0 Å². The fourth-order valence-electron chi connectivity index (χ4n) is 8.62. The molecular formula is C53H58N4O12. The molecule has 1 aliphatic heterocycles. The normalized spacial score (nSPS) is 19.4. The molecule has 16 heteroatoms. The molecule has 0 aromatic heterocycles. The quantitative estimate of drug-likeness (QED) is 0.0315. The van der Waals surface area contributed by atoms with Crippen LogP contribution in [0.1, 0.15) is 75.3 Å². The van der Waals surface area contributed by atoms with Crippen LogP contribution >= 0.6 is 0 Å². The van der Waals surface area contributed by atoms with Crippen LogP contribution in [0.5, 0.6) is 0 Å². The van der Waals surface area contributed by atoms with Gasteiger partial charge in [-0.15, -0.1) is 0 Å². The molecule has 1 saturated heterocycles. The number of fused-ring (bicyclic) bond motifs is 3. The second kappa shape index (κ2) is 21.0. The molecule has 6 atom stereocenters. The number of carboxylic acid groups (broad SMARTS) is 1. The van der Waals surface area contributed by atoms with E-state index < -0.39 is 90.1 Å². The van der Waals surface area contributed by atoms with E-state index in [1.165, 1.54) is 0 Å². The number of nitrogens with zero attached hydrogens (tertiary/aromatic N) is 1. The maximum Gasteiger partial charge on any atom is 0.414 e. The lowest BCUT2D eigenvalue weighted by Crippen LogP contribution is -2.66. The van der Waals surface area contributed by atoms with Crippen molar-refractivity contribution in [2.75, 3.05) is 13.2 Å². The Kier molecular flexibility index (Phi) is 15.2. The molecule has 7 rings (SSSR count). The summed E-state index contributed by atoms with van der Waals surface area (Å²) in [7, 11) is 0. The third-order valence-electron chi connectivity index (χ3n) is 11.5. The van der Waals surface area contributed by atoms with Crippen molar-refractivity contribution in [2.24, 2.45) is 4.99 Å². The molecule has 0 saturated carbocycles. The maximum atomic E-state index is 13.7. The molecule has 69 heavy (non-hydrogen) atoms. The lowest BCUT2D eigenvalue weighted by atomic mass is 9.80. The van der Waals surface area contributed by atoms with Crippen LogP contribution in [-0.4, -0.2) is 106 Å². The highest BCUT2D eigenvalue weighted by Gasteiger charge is 2.51. The number of aliphatic hydroxyl groups excluding tert-OH is 2. The van der Waals surface area contributed by atoms with E-state index in [9.17, 15) is 34.5 Å². The van der Waals surface area contributed by atoms with Gasteiger partial charge in [0.05, 0.1) is 6.61 Å². The van der Waals surface area contributed by atoms with Gasteiger partial charge in [-0.1, -0.05) is 140 Å². The minimum absolute atomic E-state index is 0.154. The van der Waals surface area contributed by atoms with Crippen LogP contribution in [0.4, 0.5) is 14.4 Å². The number of hydrogen-bond donors (Lipinski definition) is 6. The van der Waals surface area contributed by atoms with Gasteiger partial charge in [-0.05, 0) is 80.5 Å². The number of carbonyl (C=O) groups excluding carboxylic acids is 3. The molecule has 5 aromatic rings. The molecule has 0 bridgehead atoms. The first-order valence-corrected chi connectivity index (χ1v) is 22.6. The zero-order valence-electron chi connectivity index (χ0n) is 39.2. The molecule has 0 unspecified atom stereocenters. The zero-order valence-corrected chi connectivity index (χ0v) is 39.2.